The molecular formula is C14H11N. The number of nitrogens with zero attached hydrogens (tertiary/aromatic N) is 1. The number of pyridine rings is 1. The highest BCUT2D eigenvalue weighted by atomic mass is 14.6. The molecule has 1 nitrogen and oxygen atoms in total. The van der Waals surface area contributed by atoms with Crippen LogP contribution in [0.5, 0.6) is 0 Å². The number of hydrogen-bond donors (Lipinski definition) is 0. The van der Waals surface area contributed by atoms with Gasteiger partial charge in [0.15, 0.2) is 0 Å². The summed E-state index contributed by atoms with van der Waals surface area (Å²) in [7, 11) is 0. The molecule has 1 aromatic heterocycles. The molecule has 0 N–H and O–H groups in total. The molecule has 2 aromatic rings. The Morgan fingerprint density at radius 3 is 2.47 bits per heavy atom. The molecule has 1 heterocycles. The van der Waals surface area contributed by atoms with Gasteiger partial charge in [0.2, 0.25) is 0 Å². The van der Waals surface area contributed by atoms with Gasteiger partial charge in [-0.25, -0.2) is 0 Å². The summed E-state index contributed by atoms with van der Waals surface area (Å²) in [5, 5.41) is 0. The maximum atomic E-state index is 4.09. The predicted octanol–water partition coefficient (Wildman–Crippen LogP) is 3.55. The van der Waals surface area contributed by atoms with E-state index in [0.29, 0.717) is 0 Å². The van der Waals surface area contributed by atoms with E-state index < -0.39 is 0 Å². The van der Waals surface area contributed by atoms with Crippen LogP contribution in [0.1, 0.15) is 5.56 Å². The molecule has 15 heavy (non-hydrogen) atoms. The molecule has 1 aromatic carbocycles. The lowest BCUT2D eigenvalue weighted by atomic mass is 10.1. The summed E-state index contributed by atoms with van der Waals surface area (Å²) < 4.78 is 0. The van der Waals surface area contributed by atoms with Crippen LogP contribution in [0.3, 0.4) is 0 Å². The van der Waals surface area contributed by atoms with Crippen molar-refractivity contribution < 1.29 is 0 Å². The molecule has 0 spiro atoms. The highest BCUT2D eigenvalue weighted by Crippen LogP contribution is 2.18. The fourth-order valence-corrected chi connectivity index (χ4v) is 1.42. The fraction of sp³-hybridized carbons (Fsp3) is 0. The molecule has 0 saturated carbocycles. The molecule has 0 aliphatic carbocycles. The van der Waals surface area contributed by atoms with Gasteiger partial charge in [0.25, 0.3) is 0 Å². The Kier molecular flexibility index (Phi) is 2.77. The summed E-state index contributed by atoms with van der Waals surface area (Å²) in [5.41, 5.74) is 6.17. The van der Waals surface area contributed by atoms with E-state index in [4.69, 9.17) is 0 Å². The highest BCUT2D eigenvalue weighted by molar-refractivity contribution is 5.64. The van der Waals surface area contributed by atoms with Gasteiger partial charge in [-0.3, -0.25) is 4.98 Å². The molecule has 0 atom stereocenters. The first kappa shape index (κ1) is 9.45. The van der Waals surface area contributed by atoms with E-state index in [1.54, 1.807) is 6.20 Å². The summed E-state index contributed by atoms with van der Waals surface area (Å²) in [6, 6.07) is 12.2. The van der Waals surface area contributed by atoms with Crippen LogP contribution < -0.4 is 0 Å². The molecule has 1 heteroatoms. The largest absolute Gasteiger partial charge is 0.264 e. The van der Waals surface area contributed by atoms with Crippen molar-refractivity contribution >= 4 is 6.08 Å². The molecule has 0 fully saturated rings. The van der Waals surface area contributed by atoms with Crippen LogP contribution in [0.4, 0.5) is 0 Å². The number of rotatable bonds is 2. The van der Waals surface area contributed by atoms with Gasteiger partial charge in [-0.05, 0) is 28.8 Å². The van der Waals surface area contributed by atoms with Gasteiger partial charge < -0.3 is 0 Å². The van der Waals surface area contributed by atoms with Crippen LogP contribution in [0.2, 0.25) is 0 Å². The van der Waals surface area contributed by atoms with E-state index in [1.807, 2.05) is 36.5 Å². The first-order chi connectivity index (χ1) is 7.40. The molecular weight excluding hydrogens is 182 g/mol. The van der Waals surface area contributed by atoms with Crippen molar-refractivity contribution in [3.8, 4) is 11.1 Å². The summed E-state index contributed by atoms with van der Waals surface area (Å²) in [6.07, 6.45) is 5.49. The minimum Gasteiger partial charge on any atom is -0.264 e. The van der Waals surface area contributed by atoms with Gasteiger partial charge in [0.1, 0.15) is 0 Å². The third-order valence-electron chi connectivity index (χ3n) is 2.17. The normalized spacial score (nSPS) is 9.33. The van der Waals surface area contributed by atoms with E-state index in [1.165, 1.54) is 5.56 Å². The van der Waals surface area contributed by atoms with E-state index in [2.05, 4.69) is 29.4 Å². The number of hydrogen-bond acceptors (Lipinski definition) is 1. The molecule has 0 bridgehead atoms. The smallest absolute Gasteiger partial charge is 0.0346 e. The number of benzene rings is 1. The lowest BCUT2D eigenvalue weighted by molar-refractivity contribution is 1.33. The third kappa shape index (κ3) is 2.22. The molecule has 0 radical (unpaired) electrons. The van der Waals surface area contributed by atoms with Crippen LogP contribution >= 0.6 is 0 Å². The second-order valence-corrected chi connectivity index (χ2v) is 3.21. The van der Waals surface area contributed by atoms with Crippen molar-refractivity contribution in [1.82, 2.24) is 4.98 Å². The second kappa shape index (κ2) is 4.41. The predicted molar refractivity (Wildman–Crippen MR) is 63.3 cm³/mol. The Balaban J connectivity index is 2.36. The molecule has 2 rings (SSSR count). The Labute approximate surface area is 89.4 Å². The summed E-state index contributed by atoms with van der Waals surface area (Å²) in [6.45, 7) is 3.55. The molecule has 0 aliphatic heterocycles. The molecule has 0 amide bonds. The highest BCUT2D eigenvalue weighted by Gasteiger charge is 1.95. The summed E-state index contributed by atoms with van der Waals surface area (Å²) in [4.78, 5) is 4.09. The van der Waals surface area contributed by atoms with E-state index in [0.717, 1.165) is 11.1 Å². The molecule has 0 saturated heterocycles. The van der Waals surface area contributed by atoms with Crippen LogP contribution in [-0.2, 0) is 0 Å². The van der Waals surface area contributed by atoms with Crippen LogP contribution in [0.25, 0.3) is 17.2 Å². The van der Waals surface area contributed by atoms with Crippen LogP contribution in [0.15, 0.2) is 61.1 Å². The van der Waals surface area contributed by atoms with Crippen molar-refractivity contribution in [2.75, 3.05) is 0 Å². The topological polar surface area (TPSA) is 12.9 Å². The first-order valence-corrected chi connectivity index (χ1v) is 4.76. The maximum absolute atomic E-state index is 4.09. The molecule has 0 unspecified atom stereocenters. The Hall–Kier alpha value is -2.11. The quantitative estimate of drug-likeness (QED) is 0.665. The maximum Gasteiger partial charge on any atom is 0.0346 e. The van der Waals surface area contributed by atoms with E-state index in [9.17, 15) is 0 Å². The Bertz CT molecular complexity index is 477. The third-order valence-corrected chi connectivity index (χ3v) is 2.17. The average molecular weight is 193 g/mol. The fourth-order valence-electron chi connectivity index (χ4n) is 1.42. The summed E-state index contributed by atoms with van der Waals surface area (Å²) >= 11 is 0. The zero-order chi connectivity index (χ0) is 10.5. The Morgan fingerprint density at radius 2 is 1.87 bits per heavy atom. The van der Waals surface area contributed by atoms with Gasteiger partial charge in [0, 0.05) is 12.4 Å². The van der Waals surface area contributed by atoms with Crippen molar-refractivity contribution in [2.45, 2.75) is 0 Å². The van der Waals surface area contributed by atoms with Gasteiger partial charge in [-0.1, -0.05) is 36.9 Å². The lowest BCUT2D eigenvalue weighted by Crippen LogP contribution is -1.79. The molecule has 72 valence electrons. The van der Waals surface area contributed by atoms with Crippen LogP contribution in [-0.4, -0.2) is 4.98 Å². The SMILES string of the molecule is C=C=Cc1ccc(-c2cccnc2)cc1. The van der Waals surface area contributed by atoms with Crippen molar-refractivity contribution in [3.05, 3.63) is 66.7 Å². The van der Waals surface area contributed by atoms with Crippen molar-refractivity contribution in [1.29, 1.82) is 0 Å². The van der Waals surface area contributed by atoms with Gasteiger partial charge in [0.05, 0.1) is 0 Å². The second-order valence-electron chi connectivity index (χ2n) is 3.21. The lowest BCUT2D eigenvalue weighted by Gasteiger charge is -2.00. The Morgan fingerprint density at radius 1 is 1.07 bits per heavy atom. The summed E-state index contributed by atoms with van der Waals surface area (Å²) in [5.74, 6) is 0. The number of aromatic nitrogens is 1. The first-order valence-electron chi connectivity index (χ1n) is 4.76. The van der Waals surface area contributed by atoms with Gasteiger partial charge in [-0.2, -0.15) is 0 Å². The molecule has 0 aliphatic rings. The van der Waals surface area contributed by atoms with Gasteiger partial charge >= 0.3 is 0 Å². The minimum absolute atomic E-state index is 1.11. The van der Waals surface area contributed by atoms with Crippen molar-refractivity contribution in [2.24, 2.45) is 0 Å². The monoisotopic (exact) mass is 193 g/mol. The van der Waals surface area contributed by atoms with Gasteiger partial charge in [-0.15, -0.1) is 5.73 Å². The van der Waals surface area contributed by atoms with Crippen molar-refractivity contribution in [3.63, 3.8) is 0 Å². The van der Waals surface area contributed by atoms with E-state index >= 15 is 0 Å². The average Bonchev–Trinajstić information content (AvgIpc) is 2.32. The van der Waals surface area contributed by atoms with E-state index in [-0.39, 0.29) is 0 Å². The van der Waals surface area contributed by atoms with Crippen LogP contribution in [0, 0.1) is 0 Å². The standard InChI is InChI=1S/C14H11N/c1-2-4-12-6-8-13(9-7-12)14-5-3-10-15-11-14/h3-11H,1H2. The zero-order valence-electron chi connectivity index (χ0n) is 8.35. The minimum atomic E-state index is 1.11. The zero-order valence-corrected chi connectivity index (χ0v) is 8.35.